The van der Waals surface area contributed by atoms with Crippen LogP contribution in [-0.2, 0) is 0 Å². The minimum Gasteiger partial charge on any atom is -0.441 e. The number of pyridine rings is 1. The molecule has 6 heteroatoms. The molecule has 27 heavy (non-hydrogen) atoms. The first-order valence-corrected chi connectivity index (χ1v) is 8.85. The lowest BCUT2D eigenvalue weighted by Gasteiger charge is -2.16. The van der Waals surface area contributed by atoms with E-state index >= 15 is 0 Å². The number of anilines is 2. The molecule has 2 heterocycles. The summed E-state index contributed by atoms with van der Waals surface area (Å²) in [4.78, 5) is 6.46. The van der Waals surface area contributed by atoms with Crippen LogP contribution in [0.1, 0.15) is 48.9 Å². The second kappa shape index (κ2) is 7.01. The van der Waals surface area contributed by atoms with Gasteiger partial charge in [0.25, 0.3) is 0 Å². The molecular weight excluding hydrogens is 338 g/mol. The summed E-state index contributed by atoms with van der Waals surface area (Å²) in [6, 6.07) is 8.18. The summed E-state index contributed by atoms with van der Waals surface area (Å²) in [6.07, 6.45) is 1.90. The van der Waals surface area contributed by atoms with Crippen LogP contribution < -0.4 is 10.6 Å². The van der Waals surface area contributed by atoms with E-state index in [9.17, 15) is 10.5 Å². The molecule has 1 aliphatic carbocycles. The number of allylic oxidation sites excluding steroid dienone is 3. The second-order valence-corrected chi connectivity index (χ2v) is 6.35. The minimum atomic E-state index is 0.150. The Hall–Kier alpha value is -3.51. The van der Waals surface area contributed by atoms with Gasteiger partial charge in [0.1, 0.15) is 23.7 Å². The number of fused-ring (bicyclic) bond motifs is 1. The standard InChI is InChI=1S/C21H21N5O/c1-5-26(6-2)18-8-7-14(27-18)9-15-12(3)16(10-22)20-19(15)13(4)17(11-23)21(24)25-20/h7-9H,5-6H2,1-4H3,(H2,24,25)/b15-9+. The van der Waals surface area contributed by atoms with Gasteiger partial charge >= 0.3 is 0 Å². The van der Waals surface area contributed by atoms with Gasteiger partial charge in [-0.3, -0.25) is 0 Å². The predicted molar refractivity (Wildman–Crippen MR) is 106 cm³/mol. The van der Waals surface area contributed by atoms with Crippen LogP contribution in [0.5, 0.6) is 0 Å². The summed E-state index contributed by atoms with van der Waals surface area (Å²) in [6.45, 7) is 9.57. The molecule has 0 saturated heterocycles. The van der Waals surface area contributed by atoms with Crippen LogP contribution in [0.15, 0.2) is 22.1 Å². The predicted octanol–water partition coefficient (Wildman–Crippen LogP) is 4.13. The van der Waals surface area contributed by atoms with Crippen molar-refractivity contribution < 1.29 is 4.42 Å². The summed E-state index contributed by atoms with van der Waals surface area (Å²) in [5.41, 5.74) is 10.4. The first-order valence-electron chi connectivity index (χ1n) is 8.85. The van der Waals surface area contributed by atoms with E-state index in [0.29, 0.717) is 22.6 Å². The van der Waals surface area contributed by atoms with Gasteiger partial charge in [0, 0.05) is 24.7 Å². The number of nitrogen functional groups attached to an aromatic ring is 1. The van der Waals surface area contributed by atoms with Crippen molar-refractivity contribution in [2.45, 2.75) is 27.7 Å². The summed E-state index contributed by atoms with van der Waals surface area (Å²) >= 11 is 0. The third-order valence-electron chi connectivity index (χ3n) is 4.96. The normalized spacial score (nSPS) is 14.2. The van der Waals surface area contributed by atoms with Crippen LogP contribution in [0.2, 0.25) is 0 Å². The molecular formula is C21H21N5O. The first-order chi connectivity index (χ1) is 13.0. The van der Waals surface area contributed by atoms with E-state index in [2.05, 4.69) is 35.9 Å². The number of rotatable bonds is 4. The van der Waals surface area contributed by atoms with Crippen molar-refractivity contribution in [3.63, 3.8) is 0 Å². The van der Waals surface area contributed by atoms with Crippen molar-refractivity contribution in [1.29, 1.82) is 10.5 Å². The van der Waals surface area contributed by atoms with Crippen molar-refractivity contribution in [2.75, 3.05) is 23.7 Å². The zero-order valence-corrected chi connectivity index (χ0v) is 15.9. The van der Waals surface area contributed by atoms with E-state index in [1.165, 1.54) is 0 Å². The van der Waals surface area contributed by atoms with Gasteiger partial charge in [0.05, 0.1) is 16.8 Å². The maximum atomic E-state index is 9.61. The third kappa shape index (κ3) is 2.86. The maximum absolute atomic E-state index is 9.61. The largest absolute Gasteiger partial charge is 0.441 e. The van der Waals surface area contributed by atoms with E-state index in [1.54, 1.807) is 0 Å². The van der Waals surface area contributed by atoms with E-state index in [-0.39, 0.29) is 5.82 Å². The van der Waals surface area contributed by atoms with Crippen molar-refractivity contribution >= 4 is 28.9 Å². The highest BCUT2D eigenvalue weighted by atomic mass is 16.4. The molecule has 0 saturated carbocycles. The molecule has 0 bridgehead atoms. The van der Waals surface area contributed by atoms with Gasteiger partial charge in [0.2, 0.25) is 0 Å². The fourth-order valence-corrected chi connectivity index (χ4v) is 3.46. The van der Waals surface area contributed by atoms with Crippen LogP contribution in [0.3, 0.4) is 0 Å². The molecule has 2 aromatic heterocycles. The molecule has 1 aliphatic rings. The van der Waals surface area contributed by atoms with Gasteiger partial charge in [-0.15, -0.1) is 0 Å². The lowest BCUT2D eigenvalue weighted by molar-refractivity contribution is 0.541. The van der Waals surface area contributed by atoms with Crippen LogP contribution in [0.25, 0.3) is 17.2 Å². The maximum Gasteiger partial charge on any atom is 0.196 e. The molecule has 0 atom stereocenters. The number of nitriles is 2. The zero-order chi connectivity index (χ0) is 19.7. The molecule has 2 aromatic rings. The first kappa shape index (κ1) is 18.3. The quantitative estimate of drug-likeness (QED) is 0.880. The molecule has 2 N–H and O–H groups in total. The van der Waals surface area contributed by atoms with Crippen molar-refractivity contribution in [3.05, 3.63) is 45.9 Å². The lowest BCUT2D eigenvalue weighted by Crippen LogP contribution is -2.20. The van der Waals surface area contributed by atoms with Gasteiger partial charge < -0.3 is 15.1 Å². The number of nitrogens with zero attached hydrogens (tertiary/aromatic N) is 4. The molecule has 3 rings (SSSR count). The van der Waals surface area contributed by atoms with Crippen LogP contribution in [0.4, 0.5) is 11.7 Å². The Balaban J connectivity index is 2.19. The molecule has 0 aliphatic heterocycles. The average molecular weight is 359 g/mol. The van der Waals surface area contributed by atoms with E-state index < -0.39 is 0 Å². The molecule has 0 amide bonds. The minimum absolute atomic E-state index is 0.150. The third-order valence-corrected chi connectivity index (χ3v) is 4.96. The van der Waals surface area contributed by atoms with Gasteiger partial charge in [-0.05, 0) is 56.5 Å². The van der Waals surface area contributed by atoms with Crippen LogP contribution in [0, 0.1) is 29.6 Å². The molecule has 0 fully saturated rings. The molecule has 0 spiro atoms. The topological polar surface area (TPSA) is 103 Å². The Bertz CT molecular complexity index is 1060. The Labute approximate surface area is 158 Å². The molecule has 0 radical (unpaired) electrons. The molecule has 136 valence electrons. The smallest absolute Gasteiger partial charge is 0.196 e. The van der Waals surface area contributed by atoms with E-state index in [1.807, 2.05) is 32.1 Å². The number of nitrogens with two attached hydrogens (primary N) is 1. The summed E-state index contributed by atoms with van der Waals surface area (Å²) < 4.78 is 5.98. The summed E-state index contributed by atoms with van der Waals surface area (Å²) in [5.74, 6) is 1.64. The Morgan fingerprint density at radius 2 is 1.89 bits per heavy atom. The number of hydrogen-bond donors (Lipinski definition) is 1. The van der Waals surface area contributed by atoms with Crippen LogP contribution >= 0.6 is 0 Å². The Morgan fingerprint density at radius 1 is 1.19 bits per heavy atom. The second-order valence-electron chi connectivity index (χ2n) is 6.35. The summed E-state index contributed by atoms with van der Waals surface area (Å²) in [5, 5.41) is 19.0. The highest BCUT2D eigenvalue weighted by molar-refractivity contribution is 6.08. The van der Waals surface area contributed by atoms with E-state index in [0.717, 1.165) is 41.2 Å². The Kier molecular flexibility index (Phi) is 4.75. The van der Waals surface area contributed by atoms with Gasteiger partial charge in [0.15, 0.2) is 5.88 Å². The van der Waals surface area contributed by atoms with Crippen LogP contribution in [-0.4, -0.2) is 18.1 Å². The van der Waals surface area contributed by atoms with Crippen molar-refractivity contribution in [2.24, 2.45) is 0 Å². The van der Waals surface area contributed by atoms with Gasteiger partial charge in [-0.25, -0.2) is 4.98 Å². The molecule has 0 unspecified atom stereocenters. The SMILES string of the molecule is CCN(CC)c1ccc(/C=C2\C(C)=C(C#N)c3nc(N)c(C#N)c(C)c32)o1. The fraction of sp³-hybridized carbons (Fsp3) is 0.286. The molecule has 6 nitrogen and oxygen atoms in total. The summed E-state index contributed by atoms with van der Waals surface area (Å²) in [7, 11) is 0. The average Bonchev–Trinajstić information content (AvgIpc) is 3.20. The van der Waals surface area contributed by atoms with Gasteiger partial charge in [-0.1, -0.05) is 0 Å². The number of aromatic nitrogens is 1. The van der Waals surface area contributed by atoms with Crippen molar-refractivity contribution in [3.8, 4) is 12.1 Å². The number of furan rings is 1. The van der Waals surface area contributed by atoms with Gasteiger partial charge in [-0.2, -0.15) is 10.5 Å². The fourth-order valence-electron chi connectivity index (χ4n) is 3.46. The lowest BCUT2D eigenvalue weighted by atomic mass is 9.96. The highest BCUT2D eigenvalue weighted by Gasteiger charge is 2.29. The zero-order valence-electron chi connectivity index (χ0n) is 15.9. The Morgan fingerprint density at radius 3 is 2.48 bits per heavy atom. The monoisotopic (exact) mass is 359 g/mol. The van der Waals surface area contributed by atoms with E-state index in [4.69, 9.17) is 10.2 Å². The number of hydrogen-bond acceptors (Lipinski definition) is 6. The highest BCUT2D eigenvalue weighted by Crippen LogP contribution is 2.44. The van der Waals surface area contributed by atoms with Crippen molar-refractivity contribution in [1.82, 2.24) is 4.98 Å². The molecule has 0 aromatic carbocycles.